The number of allylic oxidation sites excluding steroid dienone is 1. The van der Waals surface area contributed by atoms with Gasteiger partial charge in [0.15, 0.2) is 8.32 Å². The maximum atomic E-state index is 5.85. The van der Waals surface area contributed by atoms with Crippen molar-refractivity contribution in [1.29, 1.82) is 0 Å². The second kappa shape index (κ2) is 9.83. The predicted octanol–water partition coefficient (Wildman–Crippen LogP) is 2.95. The van der Waals surface area contributed by atoms with Gasteiger partial charge >= 0.3 is 8.80 Å². The molecule has 5 nitrogen and oxygen atoms in total. The van der Waals surface area contributed by atoms with Gasteiger partial charge in [-0.3, -0.25) is 0 Å². The SMILES string of the molecule is C/C=C/COC(CC)[Si](OC)(OC)OCO[Si](C)(C)C. The van der Waals surface area contributed by atoms with Crippen LogP contribution in [0, 0.1) is 0 Å². The molecule has 120 valence electrons. The van der Waals surface area contributed by atoms with Crippen LogP contribution in [0.4, 0.5) is 0 Å². The fraction of sp³-hybridized carbons (Fsp3) is 0.846. The van der Waals surface area contributed by atoms with Crippen LogP contribution in [-0.4, -0.2) is 50.5 Å². The highest BCUT2D eigenvalue weighted by Crippen LogP contribution is 2.20. The lowest BCUT2D eigenvalue weighted by atomic mass is 10.5. The van der Waals surface area contributed by atoms with E-state index in [4.69, 9.17) is 22.4 Å². The molecule has 20 heavy (non-hydrogen) atoms. The van der Waals surface area contributed by atoms with Gasteiger partial charge in [-0.15, -0.1) is 0 Å². The third-order valence-electron chi connectivity index (χ3n) is 2.72. The van der Waals surface area contributed by atoms with Crippen molar-refractivity contribution in [2.45, 2.75) is 45.6 Å². The molecule has 0 aliphatic rings. The molecule has 0 radical (unpaired) electrons. The molecule has 0 rings (SSSR count). The first-order valence-electron chi connectivity index (χ1n) is 6.96. The number of rotatable bonds is 11. The van der Waals surface area contributed by atoms with Crippen LogP contribution in [0.2, 0.25) is 19.6 Å². The van der Waals surface area contributed by atoms with Gasteiger partial charge in [-0.05, 0) is 33.0 Å². The van der Waals surface area contributed by atoms with E-state index in [9.17, 15) is 0 Å². The summed E-state index contributed by atoms with van der Waals surface area (Å²) < 4.78 is 28.5. The highest BCUT2D eigenvalue weighted by molar-refractivity contribution is 6.69. The van der Waals surface area contributed by atoms with Crippen molar-refractivity contribution in [2.24, 2.45) is 0 Å². The number of hydrogen-bond donors (Lipinski definition) is 0. The van der Waals surface area contributed by atoms with Crippen LogP contribution in [-0.2, 0) is 22.4 Å². The third kappa shape index (κ3) is 7.12. The summed E-state index contributed by atoms with van der Waals surface area (Å²) in [5, 5.41) is 0. The number of hydrogen-bond acceptors (Lipinski definition) is 5. The van der Waals surface area contributed by atoms with Crippen LogP contribution in [0.3, 0.4) is 0 Å². The molecule has 0 saturated heterocycles. The standard InChI is InChI=1S/C13H30O5Si2/c1-8-10-11-16-13(9-2)20(14-3,15-4)18-12-17-19(5,6)7/h8,10,13H,9,11-12H2,1-7H3/b10-8+. The van der Waals surface area contributed by atoms with Crippen molar-refractivity contribution in [1.82, 2.24) is 0 Å². The van der Waals surface area contributed by atoms with Crippen LogP contribution in [0.25, 0.3) is 0 Å². The quantitative estimate of drug-likeness (QED) is 0.332. The Morgan fingerprint density at radius 1 is 1.05 bits per heavy atom. The van der Waals surface area contributed by atoms with Gasteiger partial charge in [0.25, 0.3) is 0 Å². The lowest BCUT2D eigenvalue weighted by molar-refractivity contribution is -0.0239. The van der Waals surface area contributed by atoms with E-state index in [1.54, 1.807) is 14.2 Å². The normalized spacial score (nSPS) is 14.9. The van der Waals surface area contributed by atoms with Gasteiger partial charge < -0.3 is 22.4 Å². The molecule has 0 heterocycles. The molecule has 0 fully saturated rings. The minimum atomic E-state index is -2.88. The highest BCUT2D eigenvalue weighted by atomic mass is 28.4. The van der Waals surface area contributed by atoms with Crippen LogP contribution >= 0.6 is 0 Å². The Kier molecular flexibility index (Phi) is 9.82. The first-order valence-corrected chi connectivity index (χ1v) is 12.2. The van der Waals surface area contributed by atoms with E-state index in [1.807, 2.05) is 26.0 Å². The molecule has 0 spiro atoms. The van der Waals surface area contributed by atoms with Crippen LogP contribution in [0.5, 0.6) is 0 Å². The molecule has 0 amide bonds. The Bertz CT molecular complexity index is 274. The fourth-order valence-corrected chi connectivity index (χ4v) is 4.25. The predicted molar refractivity (Wildman–Crippen MR) is 85.0 cm³/mol. The van der Waals surface area contributed by atoms with Crippen molar-refractivity contribution in [3.05, 3.63) is 12.2 Å². The van der Waals surface area contributed by atoms with E-state index in [-0.39, 0.29) is 12.5 Å². The zero-order valence-corrected chi connectivity index (χ0v) is 15.9. The first-order chi connectivity index (χ1) is 9.35. The van der Waals surface area contributed by atoms with Crippen molar-refractivity contribution in [2.75, 3.05) is 27.6 Å². The third-order valence-corrected chi connectivity index (χ3v) is 6.72. The monoisotopic (exact) mass is 322 g/mol. The maximum Gasteiger partial charge on any atom is 0.532 e. The zero-order valence-electron chi connectivity index (χ0n) is 13.9. The van der Waals surface area contributed by atoms with E-state index in [0.29, 0.717) is 6.61 Å². The Labute approximate surface area is 125 Å². The van der Waals surface area contributed by atoms with Gasteiger partial charge in [-0.1, -0.05) is 19.1 Å². The molecular formula is C13H30O5Si2. The fourth-order valence-electron chi connectivity index (χ4n) is 1.58. The largest absolute Gasteiger partial charge is 0.532 e. The van der Waals surface area contributed by atoms with Crippen molar-refractivity contribution >= 4 is 17.1 Å². The molecule has 7 heteroatoms. The molecule has 0 aliphatic carbocycles. The van der Waals surface area contributed by atoms with Gasteiger partial charge in [-0.2, -0.15) is 0 Å². The maximum absolute atomic E-state index is 5.85. The molecule has 0 aliphatic heterocycles. The zero-order chi connectivity index (χ0) is 15.6. The smallest absolute Gasteiger partial charge is 0.396 e. The topological polar surface area (TPSA) is 46.2 Å². The minimum absolute atomic E-state index is 0.188. The molecule has 0 aromatic carbocycles. The molecule has 0 aromatic rings. The van der Waals surface area contributed by atoms with Gasteiger partial charge in [0, 0.05) is 14.2 Å². The van der Waals surface area contributed by atoms with Crippen LogP contribution in [0.1, 0.15) is 20.3 Å². The molecule has 0 bridgehead atoms. The molecule has 1 unspecified atom stereocenters. The Morgan fingerprint density at radius 2 is 1.65 bits per heavy atom. The first kappa shape index (κ1) is 20.0. The summed E-state index contributed by atoms with van der Waals surface area (Å²) in [5.74, 6) is 0. The summed E-state index contributed by atoms with van der Waals surface area (Å²) in [6.07, 6.45) is 4.66. The summed E-state index contributed by atoms with van der Waals surface area (Å²) >= 11 is 0. The summed E-state index contributed by atoms with van der Waals surface area (Å²) in [4.78, 5) is 0. The second-order valence-corrected chi connectivity index (χ2v) is 12.8. The minimum Gasteiger partial charge on any atom is -0.396 e. The molecule has 1 atom stereocenters. The lowest BCUT2D eigenvalue weighted by Crippen LogP contribution is -2.56. The van der Waals surface area contributed by atoms with E-state index < -0.39 is 17.1 Å². The molecule has 0 saturated carbocycles. The summed E-state index contributed by atoms with van der Waals surface area (Å²) in [6.45, 7) is 11.0. The average Bonchev–Trinajstić information content (AvgIpc) is 2.39. The Balaban J connectivity index is 4.67. The Hall–Kier alpha value is -0.0262. The molecule has 0 aromatic heterocycles. The van der Waals surface area contributed by atoms with Gasteiger partial charge in [0.1, 0.15) is 12.5 Å². The summed E-state index contributed by atoms with van der Waals surface area (Å²) in [6, 6.07) is 0. The van der Waals surface area contributed by atoms with Crippen molar-refractivity contribution in [3.8, 4) is 0 Å². The summed E-state index contributed by atoms with van der Waals surface area (Å²) in [5.41, 5.74) is -0.195. The number of ether oxygens (including phenoxy) is 1. The average molecular weight is 323 g/mol. The van der Waals surface area contributed by atoms with Crippen molar-refractivity contribution in [3.63, 3.8) is 0 Å². The van der Waals surface area contributed by atoms with Crippen molar-refractivity contribution < 1.29 is 22.4 Å². The van der Waals surface area contributed by atoms with E-state index >= 15 is 0 Å². The van der Waals surface area contributed by atoms with E-state index in [1.165, 1.54) is 0 Å². The highest BCUT2D eigenvalue weighted by Gasteiger charge is 2.48. The molecular weight excluding hydrogens is 292 g/mol. The van der Waals surface area contributed by atoms with Gasteiger partial charge in [-0.25, -0.2) is 0 Å². The van der Waals surface area contributed by atoms with Crippen LogP contribution < -0.4 is 0 Å². The van der Waals surface area contributed by atoms with E-state index in [2.05, 4.69) is 19.6 Å². The van der Waals surface area contributed by atoms with Crippen LogP contribution in [0.15, 0.2) is 12.2 Å². The second-order valence-electron chi connectivity index (χ2n) is 5.33. The molecule has 0 N–H and O–H groups in total. The van der Waals surface area contributed by atoms with E-state index in [0.717, 1.165) is 6.42 Å². The van der Waals surface area contributed by atoms with Gasteiger partial charge in [0.2, 0.25) is 0 Å². The lowest BCUT2D eigenvalue weighted by Gasteiger charge is -2.33. The van der Waals surface area contributed by atoms with Gasteiger partial charge in [0.05, 0.1) is 6.61 Å². The Morgan fingerprint density at radius 3 is 2.05 bits per heavy atom. The summed E-state index contributed by atoms with van der Waals surface area (Å²) in [7, 11) is -1.30.